The Labute approximate surface area is 120 Å². The van der Waals surface area contributed by atoms with Gasteiger partial charge in [-0.25, -0.2) is 8.78 Å². The Kier molecular flexibility index (Phi) is 4.97. The van der Waals surface area contributed by atoms with E-state index in [2.05, 4.69) is 19.2 Å². The van der Waals surface area contributed by atoms with E-state index < -0.39 is 11.6 Å². The van der Waals surface area contributed by atoms with Gasteiger partial charge in [0.2, 0.25) is 0 Å². The smallest absolute Gasteiger partial charge is 0.152 e. The average molecular weight is 282 g/mol. The van der Waals surface area contributed by atoms with Gasteiger partial charge in [-0.3, -0.25) is 0 Å². The molecule has 1 N–H and O–H groups in total. The van der Waals surface area contributed by atoms with Gasteiger partial charge >= 0.3 is 0 Å². The van der Waals surface area contributed by atoms with Crippen molar-refractivity contribution in [2.24, 2.45) is 5.92 Å². The van der Waals surface area contributed by atoms with Gasteiger partial charge in [-0.05, 0) is 43.9 Å². The molecule has 2 rings (SSSR count). The quantitative estimate of drug-likeness (QED) is 0.893. The third-order valence-electron chi connectivity index (χ3n) is 4.10. The van der Waals surface area contributed by atoms with Gasteiger partial charge < -0.3 is 10.2 Å². The SMILES string of the molecule is CCC1CCN(c2c(F)ccc(C)c2F)CC(C)CN1. The van der Waals surface area contributed by atoms with Crippen LogP contribution in [-0.2, 0) is 0 Å². The third kappa shape index (κ3) is 3.29. The van der Waals surface area contributed by atoms with Crippen molar-refractivity contribution in [3.05, 3.63) is 29.3 Å². The highest BCUT2D eigenvalue weighted by molar-refractivity contribution is 5.51. The van der Waals surface area contributed by atoms with E-state index in [4.69, 9.17) is 0 Å². The van der Waals surface area contributed by atoms with Gasteiger partial charge in [-0.1, -0.05) is 19.9 Å². The molecule has 1 saturated heterocycles. The lowest BCUT2D eigenvalue weighted by Gasteiger charge is -2.34. The van der Waals surface area contributed by atoms with E-state index in [0.29, 0.717) is 30.6 Å². The second-order valence-corrected chi connectivity index (χ2v) is 5.88. The minimum Gasteiger partial charge on any atom is -0.366 e. The van der Waals surface area contributed by atoms with Crippen LogP contribution < -0.4 is 10.2 Å². The van der Waals surface area contributed by atoms with Crippen molar-refractivity contribution in [1.29, 1.82) is 0 Å². The second kappa shape index (κ2) is 6.53. The van der Waals surface area contributed by atoms with E-state index in [1.807, 2.05) is 4.90 Å². The molecule has 20 heavy (non-hydrogen) atoms. The molecule has 2 unspecified atom stereocenters. The maximum atomic E-state index is 14.3. The molecule has 1 aromatic carbocycles. The monoisotopic (exact) mass is 282 g/mol. The zero-order valence-electron chi connectivity index (χ0n) is 12.5. The zero-order valence-corrected chi connectivity index (χ0v) is 12.5. The van der Waals surface area contributed by atoms with Crippen LogP contribution in [-0.4, -0.2) is 25.7 Å². The van der Waals surface area contributed by atoms with Crippen LogP contribution in [0.2, 0.25) is 0 Å². The third-order valence-corrected chi connectivity index (χ3v) is 4.10. The minimum absolute atomic E-state index is 0.147. The average Bonchev–Trinajstić information content (AvgIpc) is 2.40. The Morgan fingerprint density at radius 1 is 1.35 bits per heavy atom. The van der Waals surface area contributed by atoms with Crippen molar-refractivity contribution in [3.63, 3.8) is 0 Å². The Balaban J connectivity index is 2.27. The fourth-order valence-corrected chi connectivity index (χ4v) is 2.80. The normalized spacial score (nSPS) is 24.4. The number of anilines is 1. The summed E-state index contributed by atoms with van der Waals surface area (Å²) in [6, 6.07) is 3.29. The number of halogens is 2. The van der Waals surface area contributed by atoms with E-state index in [1.54, 1.807) is 6.92 Å². The molecule has 0 amide bonds. The summed E-state index contributed by atoms with van der Waals surface area (Å²) in [7, 11) is 0. The molecular weight excluding hydrogens is 258 g/mol. The highest BCUT2D eigenvalue weighted by Crippen LogP contribution is 2.27. The molecular formula is C16H24F2N2. The second-order valence-electron chi connectivity index (χ2n) is 5.88. The number of benzene rings is 1. The maximum absolute atomic E-state index is 14.3. The number of hydrogen-bond donors (Lipinski definition) is 1. The van der Waals surface area contributed by atoms with Gasteiger partial charge in [0.1, 0.15) is 11.5 Å². The van der Waals surface area contributed by atoms with Crippen LogP contribution in [0.3, 0.4) is 0 Å². The van der Waals surface area contributed by atoms with Crippen LogP contribution in [0.15, 0.2) is 12.1 Å². The van der Waals surface area contributed by atoms with Crippen molar-refractivity contribution in [3.8, 4) is 0 Å². The Morgan fingerprint density at radius 3 is 2.80 bits per heavy atom. The molecule has 0 radical (unpaired) electrons. The summed E-state index contributed by atoms with van der Waals surface area (Å²) < 4.78 is 28.3. The summed E-state index contributed by atoms with van der Waals surface area (Å²) in [5.41, 5.74) is 0.648. The van der Waals surface area contributed by atoms with Crippen LogP contribution in [0.25, 0.3) is 0 Å². The largest absolute Gasteiger partial charge is 0.366 e. The number of rotatable bonds is 2. The summed E-state index contributed by atoms with van der Waals surface area (Å²) in [6.07, 6.45) is 1.95. The number of hydrogen-bond acceptors (Lipinski definition) is 2. The van der Waals surface area contributed by atoms with Gasteiger partial charge in [0.05, 0.1) is 0 Å². The molecule has 0 aromatic heterocycles. The highest BCUT2D eigenvalue weighted by atomic mass is 19.1. The molecule has 0 aliphatic carbocycles. The minimum atomic E-state index is -0.457. The molecule has 2 nitrogen and oxygen atoms in total. The van der Waals surface area contributed by atoms with Crippen LogP contribution >= 0.6 is 0 Å². The Bertz CT molecular complexity index is 462. The van der Waals surface area contributed by atoms with E-state index in [1.165, 1.54) is 12.1 Å². The van der Waals surface area contributed by atoms with Crippen LogP contribution in [0.5, 0.6) is 0 Å². The van der Waals surface area contributed by atoms with Crippen LogP contribution in [0.4, 0.5) is 14.5 Å². The summed E-state index contributed by atoms with van der Waals surface area (Å²) in [6.45, 7) is 8.20. The standard InChI is InChI=1S/C16H24F2N2/c1-4-13-7-8-20(10-11(2)9-19-13)16-14(17)6-5-12(3)15(16)18/h5-6,11,13,19H,4,7-10H2,1-3H3. The van der Waals surface area contributed by atoms with Crippen LogP contribution in [0.1, 0.15) is 32.3 Å². The topological polar surface area (TPSA) is 15.3 Å². The predicted molar refractivity (Wildman–Crippen MR) is 79.2 cm³/mol. The first kappa shape index (κ1) is 15.2. The fourth-order valence-electron chi connectivity index (χ4n) is 2.80. The first-order valence-electron chi connectivity index (χ1n) is 7.45. The number of nitrogens with one attached hydrogen (secondary N) is 1. The lowest BCUT2D eigenvalue weighted by molar-refractivity contribution is 0.384. The molecule has 0 spiro atoms. The van der Waals surface area contributed by atoms with Crippen molar-refractivity contribution < 1.29 is 8.78 Å². The lowest BCUT2D eigenvalue weighted by atomic mass is 10.0. The summed E-state index contributed by atoms with van der Waals surface area (Å²) in [4.78, 5) is 1.88. The molecule has 4 heteroatoms. The Morgan fingerprint density at radius 2 is 2.10 bits per heavy atom. The fraction of sp³-hybridized carbons (Fsp3) is 0.625. The molecule has 1 aliphatic heterocycles. The highest BCUT2D eigenvalue weighted by Gasteiger charge is 2.23. The zero-order chi connectivity index (χ0) is 14.7. The van der Waals surface area contributed by atoms with Gasteiger partial charge in [-0.2, -0.15) is 0 Å². The van der Waals surface area contributed by atoms with E-state index >= 15 is 0 Å². The van der Waals surface area contributed by atoms with Crippen molar-refractivity contribution >= 4 is 5.69 Å². The van der Waals surface area contributed by atoms with E-state index in [-0.39, 0.29) is 5.69 Å². The first-order chi connectivity index (χ1) is 9.52. The molecule has 0 bridgehead atoms. The van der Waals surface area contributed by atoms with Gasteiger partial charge in [0, 0.05) is 19.1 Å². The molecule has 1 aromatic rings. The summed E-state index contributed by atoms with van der Waals surface area (Å²) >= 11 is 0. The number of aryl methyl sites for hydroxylation is 1. The van der Waals surface area contributed by atoms with E-state index in [0.717, 1.165) is 19.4 Å². The maximum Gasteiger partial charge on any atom is 0.152 e. The summed E-state index contributed by atoms with van der Waals surface area (Å²) in [5, 5.41) is 3.52. The lowest BCUT2D eigenvalue weighted by Crippen LogP contribution is -2.44. The van der Waals surface area contributed by atoms with Gasteiger partial charge in [0.15, 0.2) is 5.82 Å². The van der Waals surface area contributed by atoms with Crippen molar-refractivity contribution in [1.82, 2.24) is 5.32 Å². The van der Waals surface area contributed by atoms with Crippen molar-refractivity contribution in [2.75, 3.05) is 24.5 Å². The van der Waals surface area contributed by atoms with Crippen molar-refractivity contribution in [2.45, 2.75) is 39.7 Å². The molecule has 0 saturated carbocycles. The van der Waals surface area contributed by atoms with Gasteiger partial charge in [-0.15, -0.1) is 0 Å². The van der Waals surface area contributed by atoms with Gasteiger partial charge in [0.25, 0.3) is 0 Å². The number of nitrogens with zero attached hydrogens (tertiary/aromatic N) is 1. The Hall–Kier alpha value is -1.16. The molecule has 1 fully saturated rings. The molecule has 1 heterocycles. The predicted octanol–water partition coefficient (Wildman–Crippen LogP) is 3.49. The molecule has 2 atom stereocenters. The molecule has 112 valence electrons. The van der Waals surface area contributed by atoms with Crippen LogP contribution in [0, 0.1) is 24.5 Å². The first-order valence-corrected chi connectivity index (χ1v) is 7.45. The van der Waals surface area contributed by atoms with E-state index in [9.17, 15) is 8.78 Å². The molecule has 1 aliphatic rings. The summed E-state index contributed by atoms with van der Waals surface area (Å²) in [5.74, 6) is -0.510.